The molecule has 1 aliphatic rings. The zero-order valence-corrected chi connectivity index (χ0v) is 12.8. The SMILES string of the molecule is COCCOc1cccc(C(=O)N2CCC(C(=O)O)C2C)c1. The lowest BCUT2D eigenvalue weighted by atomic mass is 10.0. The van der Waals surface area contributed by atoms with Gasteiger partial charge in [0.1, 0.15) is 12.4 Å². The predicted octanol–water partition coefficient (Wildman–Crippen LogP) is 1.65. The molecule has 120 valence electrons. The summed E-state index contributed by atoms with van der Waals surface area (Å²) in [5.74, 6) is -0.900. The molecular weight excluding hydrogens is 286 g/mol. The second-order valence-corrected chi connectivity index (χ2v) is 5.34. The lowest BCUT2D eigenvalue weighted by Gasteiger charge is -2.23. The van der Waals surface area contributed by atoms with Gasteiger partial charge in [-0.25, -0.2) is 0 Å². The second-order valence-electron chi connectivity index (χ2n) is 5.34. The first-order chi connectivity index (χ1) is 10.5. The predicted molar refractivity (Wildman–Crippen MR) is 80.1 cm³/mol. The lowest BCUT2D eigenvalue weighted by Crippen LogP contribution is -2.37. The number of rotatable bonds is 6. The van der Waals surface area contributed by atoms with Gasteiger partial charge in [-0.15, -0.1) is 0 Å². The van der Waals surface area contributed by atoms with E-state index >= 15 is 0 Å². The molecule has 1 amide bonds. The molecule has 0 aromatic heterocycles. The van der Waals surface area contributed by atoms with Crippen LogP contribution in [0.4, 0.5) is 0 Å². The molecule has 2 unspecified atom stereocenters. The molecule has 1 aromatic rings. The first-order valence-electron chi connectivity index (χ1n) is 7.30. The summed E-state index contributed by atoms with van der Waals surface area (Å²) in [6, 6.07) is 6.62. The van der Waals surface area contributed by atoms with Gasteiger partial charge in [0.25, 0.3) is 5.91 Å². The summed E-state index contributed by atoms with van der Waals surface area (Å²) in [7, 11) is 1.59. The van der Waals surface area contributed by atoms with Crippen LogP contribution in [0.1, 0.15) is 23.7 Å². The number of carboxylic acid groups (broad SMARTS) is 1. The summed E-state index contributed by atoms with van der Waals surface area (Å²) in [5.41, 5.74) is 0.507. The zero-order chi connectivity index (χ0) is 16.1. The van der Waals surface area contributed by atoms with Crippen molar-refractivity contribution in [3.8, 4) is 5.75 Å². The summed E-state index contributed by atoms with van der Waals surface area (Å²) in [6.07, 6.45) is 0.492. The highest BCUT2D eigenvalue weighted by molar-refractivity contribution is 5.95. The highest BCUT2D eigenvalue weighted by Gasteiger charge is 2.38. The van der Waals surface area contributed by atoms with E-state index in [4.69, 9.17) is 14.6 Å². The number of nitrogens with zero attached hydrogens (tertiary/aromatic N) is 1. The number of benzene rings is 1. The van der Waals surface area contributed by atoms with Crippen LogP contribution in [0, 0.1) is 5.92 Å². The first-order valence-corrected chi connectivity index (χ1v) is 7.30. The normalized spacial score (nSPS) is 20.9. The molecule has 6 nitrogen and oxygen atoms in total. The minimum absolute atomic E-state index is 0.159. The van der Waals surface area contributed by atoms with E-state index in [1.54, 1.807) is 43.2 Å². The van der Waals surface area contributed by atoms with Gasteiger partial charge in [0.15, 0.2) is 0 Å². The third-order valence-corrected chi connectivity index (χ3v) is 3.97. The van der Waals surface area contributed by atoms with Crippen molar-refractivity contribution in [1.29, 1.82) is 0 Å². The largest absolute Gasteiger partial charge is 0.491 e. The molecule has 2 rings (SSSR count). The number of methoxy groups -OCH3 is 1. The van der Waals surface area contributed by atoms with Gasteiger partial charge >= 0.3 is 5.97 Å². The third-order valence-electron chi connectivity index (χ3n) is 3.97. The molecule has 1 aromatic carbocycles. The highest BCUT2D eigenvalue weighted by atomic mass is 16.5. The topological polar surface area (TPSA) is 76.1 Å². The van der Waals surface area contributed by atoms with Crippen LogP contribution in [0.2, 0.25) is 0 Å². The average Bonchev–Trinajstić information content (AvgIpc) is 2.89. The highest BCUT2D eigenvalue weighted by Crippen LogP contribution is 2.26. The van der Waals surface area contributed by atoms with Crippen molar-refractivity contribution in [3.05, 3.63) is 29.8 Å². The van der Waals surface area contributed by atoms with Crippen LogP contribution in [0.15, 0.2) is 24.3 Å². The molecular formula is C16H21NO5. The van der Waals surface area contributed by atoms with Crippen LogP contribution in [0.3, 0.4) is 0 Å². The fraction of sp³-hybridized carbons (Fsp3) is 0.500. The minimum Gasteiger partial charge on any atom is -0.491 e. The Labute approximate surface area is 129 Å². The van der Waals surface area contributed by atoms with Crippen molar-refractivity contribution < 1.29 is 24.2 Å². The molecule has 0 radical (unpaired) electrons. The van der Waals surface area contributed by atoms with Crippen LogP contribution in [0.5, 0.6) is 5.75 Å². The molecule has 1 aliphatic heterocycles. The number of hydrogen-bond acceptors (Lipinski definition) is 4. The fourth-order valence-electron chi connectivity index (χ4n) is 2.68. The number of carbonyl (C=O) groups excluding carboxylic acids is 1. The summed E-state index contributed by atoms with van der Waals surface area (Å²) in [5, 5.41) is 9.15. The van der Waals surface area contributed by atoms with Crippen molar-refractivity contribution >= 4 is 11.9 Å². The molecule has 1 fully saturated rings. The number of aliphatic carboxylic acids is 1. The van der Waals surface area contributed by atoms with Gasteiger partial charge in [-0.3, -0.25) is 9.59 Å². The molecule has 0 aliphatic carbocycles. The van der Waals surface area contributed by atoms with Crippen LogP contribution in [-0.2, 0) is 9.53 Å². The van der Waals surface area contributed by atoms with Crippen molar-refractivity contribution in [2.45, 2.75) is 19.4 Å². The van der Waals surface area contributed by atoms with E-state index in [1.807, 2.05) is 0 Å². The maximum absolute atomic E-state index is 12.6. The smallest absolute Gasteiger partial charge is 0.308 e. The Balaban J connectivity index is 2.06. The third kappa shape index (κ3) is 3.57. The molecule has 22 heavy (non-hydrogen) atoms. The van der Waals surface area contributed by atoms with Crippen molar-refractivity contribution in [1.82, 2.24) is 4.90 Å². The number of amides is 1. The van der Waals surface area contributed by atoms with Crippen LogP contribution in [-0.4, -0.2) is 54.8 Å². The monoisotopic (exact) mass is 307 g/mol. The van der Waals surface area contributed by atoms with Crippen LogP contribution >= 0.6 is 0 Å². The number of ether oxygens (including phenoxy) is 2. The zero-order valence-electron chi connectivity index (χ0n) is 12.8. The van der Waals surface area contributed by atoms with Gasteiger partial charge in [-0.1, -0.05) is 6.07 Å². The molecule has 0 spiro atoms. The van der Waals surface area contributed by atoms with Crippen molar-refractivity contribution in [3.63, 3.8) is 0 Å². The van der Waals surface area contributed by atoms with E-state index < -0.39 is 11.9 Å². The summed E-state index contributed by atoms with van der Waals surface area (Å²) < 4.78 is 10.4. The Morgan fingerprint density at radius 2 is 2.14 bits per heavy atom. The molecule has 1 N–H and O–H groups in total. The number of carbonyl (C=O) groups is 2. The van der Waals surface area contributed by atoms with E-state index in [-0.39, 0.29) is 11.9 Å². The van der Waals surface area contributed by atoms with Crippen molar-refractivity contribution in [2.24, 2.45) is 5.92 Å². The van der Waals surface area contributed by atoms with Gasteiger partial charge in [-0.05, 0) is 31.5 Å². The summed E-state index contributed by atoms with van der Waals surface area (Å²) in [4.78, 5) is 25.3. The summed E-state index contributed by atoms with van der Waals surface area (Å²) >= 11 is 0. The Bertz CT molecular complexity index is 545. The molecule has 0 bridgehead atoms. The number of hydrogen-bond donors (Lipinski definition) is 1. The lowest BCUT2D eigenvalue weighted by molar-refractivity contribution is -0.142. The van der Waals surface area contributed by atoms with E-state index in [1.165, 1.54) is 0 Å². The Hall–Kier alpha value is -2.08. The molecule has 1 heterocycles. The average molecular weight is 307 g/mol. The Morgan fingerprint density at radius 1 is 1.36 bits per heavy atom. The van der Waals surface area contributed by atoms with Gasteiger partial charge < -0.3 is 19.5 Å². The Morgan fingerprint density at radius 3 is 2.77 bits per heavy atom. The molecule has 2 atom stereocenters. The van der Waals surface area contributed by atoms with Gasteiger partial charge in [0.2, 0.25) is 0 Å². The number of carboxylic acids is 1. The van der Waals surface area contributed by atoms with Crippen molar-refractivity contribution in [2.75, 3.05) is 26.9 Å². The van der Waals surface area contributed by atoms with E-state index in [2.05, 4.69) is 0 Å². The van der Waals surface area contributed by atoms with E-state index in [0.717, 1.165) is 0 Å². The number of likely N-dealkylation sites (tertiary alicyclic amines) is 1. The quantitative estimate of drug-likeness (QED) is 0.809. The maximum Gasteiger partial charge on any atom is 0.308 e. The standard InChI is InChI=1S/C16H21NO5/c1-11-14(16(19)20)6-7-17(11)15(18)12-4-3-5-13(10-12)22-9-8-21-2/h3-5,10-11,14H,6-9H2,1-2H3,(H,19,20). The van der Waals surface area contributed by atoms with E-state index in [9.17, 15) is 9.59 Å². The molecule has 0 saturated carbocycles. The summed E-state index contributed by atoms with van der Waals surface area (Å²) in [6.45, 7) is 3.13. The molecule has 1 saturated heterocycles. The van der Waals surface area contributed by atoms with E-state index in [0.29, 0.717) is 37.5 Å². The maximum atomic E-state index is 12.6. The molecule has 6 heteroatoms. The minimum atomic E-state index is -0.848. The van der Waals surface area contributed by atoms with Gasteiger partial charge in [0, 0.05) is 25.3 Å². The van der Waals surface area contributed by atoms with Gasteiger partial charge in [0.05, 0.1) is 12.5 Å². The first kappa shape index (κ1) is 16.3. The Kier molecular flexibility index (Phi) is 5.38. The fourth-order valence-corrected chi connectivity index (χ4v) is 2.68. The second kappa shape index (κ2) is 7.26. The van der Waals surface area contributed by atoms with Crippen LogP contribution < -0.4 is 4.74 Å². The van der Waals surface area contributed by atoms with Gasteiger partial charge in [-0.2, -0.15) is 0 Å². The van der Waals surface area contributed by atoms with Crippen LogP contribution in [0.25, 0.3) is 0 Å².